The van der Waals surface area contributed by atoms with Crippen LogP contribution in [0.25, 0.3) is 0 Å². The standard InChI is InChI=1S/C21H28N2O3/c1-2-10-23-18-9-11-22(14-17(18)6-8-20(23)24)21(25)16-5-7-19-15(13-16)4-3-12-26-19/h5,7,13,17-18H,2-4,6,8-12,14H2,1H3/t17-,18+/m0/s1. The molecule has 0 N–H and O–H groups in total. The first kappa shape index (κ1) is 17.4. The molecule has 1 aromatic rings. The van der Waals surface area contributed by atoms with Gasteiger partial charge in [-0.25, -0.2) is 0 Å². The highest BCUT2D eigenvalue weighted by Crippen LogP contribution is 2.32. The van der Waals surface area contributed by atoms with E-state index in [0.29, 0.717) is 24.3 Å². The summed E-state index contributed by atoms with van der Waals surface area (Å²) in [6, 6.07) is 6.16. The van der Waals surface area contributed by atoms with Crippen LogP contribution in [0.4, 0.5) is 0 Å². The van der Waals surface area contributed by atoms with Crippen molar-refractivity contribution in [2.24, 2.45) is 5.92 Å². The lowest BCUT2D eigenvalue weighted by atomic mass is 9.83. The highest BCUT2D eigenvalue weighted by molar-refractivity contribution is 5.94. The molecule has 26 heavy (non-hydrogen) atoms. The molecule has 0 unspecified atom stereocenters. The molecule has 3 heterocycles. The number of ether oxygens (including phenoxy) is 1. The van der Waals surface area contributed by atoms with Crippen molar-refractivity contribution in [1.29, 1.82) is 0 Å². The molecule has 3 aliphatic heterocycles. The Labute approximate surface area is 155 Å². The summed E-state index contributed by atoms with van der Waals surface area (Å²) in [5.74, 6) is 1.75. The predicted octanol–water partition coefficient (Wildman–Crippen LogP) is 2.87. The van der Waals surface area contributed by atoms with Gasteiger partial charge in [0, 0.05) is 37.7 Å². The number of benzene rings is 1. The first-order chi connectivity index (χ1) is 12.7. The number of aryl methyl sites for hydroxylation is 1. The Morgan fingerprint density at radius 1 is 1.27 bits per heavy atom. The zero-order valence-corrected chi connectivity index (χ0v) is 15.6. The monoisotopic (exact) mass is 356 g/mol. The molecule has 0 saturated carbocycles. The lowest BCUT2D eigenvalue weighted by Crippen LogP contribution is -2.57. The van der Waals surface area contributed by atoms with Crippen LogP contribution in [-0.4, -0.2) is 53.9 Å². The Morgan fingerprint density at radius 3 is 3.00 bits per heavy atom. The first-order valence-corrected chi connectivity index (χ1v) is 10.0. The summed E-state index contributed by atoms with van der Waals surface area (Å²) >= 11 is 0. The number of hydrogen-bond donors (Lipinski definition) is 0. The number of nitrogens with zero attached hydrogens (tertiary/aromatic N) is 2. The molecule has 5 nitrogen and oxygen atoms in total. The van der Waals surface area contributed by atoms with E-state index in [0.717, 1.165) is 75.2 Å². The van der Waals surface area contributed by atoms with Crippen LogP contribution >= 0.6 is 0 Å². The fourth-order valence-electron chi connectivity index (χ4n) is 4.74. The van der Waals surface area contributed by atoms with Gasteiger partial charge in [-0.15, -0.1) is 0 Å². The van der Waals surface area contributed by atoms with Crippen LogP contribution in [0.2, 0.25) is 0 Å². The van der Waals surface area contributed by atoms with Crippen LogP contribution in [0, 0.1) is 5.92 Å². The quantitative estimate of drug-likeness (QED) is 0.837. The number of rotatable bonds is 3. The van der Waals surface area contributed by atoms with E-state index in [2.05, 4.69) is 11.8 Å². The minimum absolute atomic E-state index is 0.121. The third kappa shape index (κ3) is 3.19. The zero-order valence-electron chi connectivity index (χ0n) is 15.6. The summed E-state index contributed by atoms with van der Waals surface area (Å²) in [5.41, 5.74) is 1.92. The number of hydrogen-bond acceptors (Lipinski definition) is 3. The lowest BCUT2D eigenvalue weighted by Gasteiger charge is -2.47. The van der Waals surface area contributed by atoms with Crippen LogP contribution in [0.3, 0.4) is 0 Å². The normalized spacial score (nSPS) is 25.3. The Balaban J connectivity index is 1.47. The molecule has 0 bridgehead atoms. The highest BCUT2D eigenvalue weighted by atomic mass is 16.5. The Kier molecular flexibility index (Phi) is 4.88. The van der Waals surface area contributed by atoms with Crippen molar-refractivity contribution in [3.05, 3.63) is 29.3 Å². The molecule has 2 amide bonds. The van der Waals surface area contributed by atoms with Crippen molar-refractivity contribution in [2.45, 2.75) is 51.5 Å². The molecule has 0 aliphatic carbocycles. The van der Waals surface area contributed by atoms with Crippen molar-refractivity contribution >= 4 is 11.8 Å². The topological polar surface area (TPSA) is 49.9 Å². The summed E-state index contributed by atoms with van der Waals surface area (Å²) in [6.45, 7) is 5.24. The first-order valence-electron chi connectivity index (χ1n) is 10.0. The van der Waals surface area contributed by atoms with E-state index in [9.17, 15) is 9.59 Å². The van der Waals surface area contributed by atoms with Crippen LogP contribution in [0.15, 0.2) is 18.2 Å². The average molecular weight is 356 g/mol. The third-order valence-corrected chi connectivity index (χ3v) is 6.05. The van der Waals surface area contributed by atoms with Gasteiger partial charge in [0.25, 0.3) is 5.91 Å². The Morgan fingerprint density at radius 2 is 2.15 bits per heavy atom. The molecular weight excluding hydrogens is 328 g/mol. The molecule has 0 spiro atoms. The zero-order chi connectivity index (χ0) is 18.1. The van der Waals surface area contributed by atoms with Crippen molar-refractivity contribution in [3.63, 3.8) is 0 Å². The van der Waals surface area contributed by atoms with Crippen molar-refractivity contribution in [2.75, 3.05) is 26.2 Å². The van der Waals surface area contributed by atoms with E-state index in [1.807, 2.05) is 23.1 Å². The molecule has 2 atom stereocenters. The van der Waals surface area contributed by atoms with Crippen molar-refractivity contribution in [3.8, 4) is 5.75 Å². The van der Waals surface area contributed by atoms with Gasteiger partial charge in [0.15, 0.2) is 0 Å². The van der Waals surface area contributed by atoms with Gasteiger partial charge in [-0.05, 0) is 61.8 Å². The van der Waals surface area contributed by atoms with E-state index in [-0.39, 0.29) is 5.91 Å². The Hall–Kier alpha value is -2.04. The molecule has 0 aromatic heterocycles. The molecule has 2 fully saturated rings. The summed E-state index contributed by atoms with van der Waals surface area (Å²) < 4.78 is 5.66. The molecule has 0 radical (unpaired) electrons. The van der Waals surface area contributed by atoms with E-state index >= 15 is 0 Å². The second-order valence-corrected chi connectivity index (χ2v) is 7.77. The van der Waals surface area contributed by atoms with Gasteiger partial charge < -0.3 is 14.5 Å². The smallest absolute Gasteiger partial charge is 0.253 e. The van der Waals surface area contributed by atoms with Gasteiger partial charge in [0.05, 0.1) is 6.61 Å². The summed E-state index contributed by atoms with van der Waals surface area (Å²) in [5, 5.41) is 0. The van der Waals surface area contributed by atoms with Crippen LogP contribution in [0.1, 0.15) is 54.9 Å². The second-order valence-electron chi connectivity index (χ2n) is 7.77. The molecule has 2 saturated heterocycles. The Bertz CT molecular complexity index is 702. The van der Waals surface area contributed by atoms with E-state index in [4.69, 9.17) is 4.74 Å². The molecule has 4 rings (SSSR count). The average Bonchev–Trinajstić information content (AvgIpc) is 2.69. The van der Waals surface area contributed by atoms with Gasteiger partial charge in [-0.2, -0.15) is 0 Å². The molecule has 3 aliphatic rings. The van der Waals surface area contributed by atoms with E-state index in [1.165, 1.54) is 0 Å². The van der Waals surface area contributed by atoms with Gasteiger partial charge in [-0.3, -0.25) is 9.59 Å². The number of piperidine rings is 2. The highest BCUT2D eigenvalue weighted by Gasteiger charge is 2.40. The number of carbonyl (C=O) groups is 2. The summed E-state index contributed by atoms with van der Waals surface area (Å²) in [4.78, 5) is 29.4. The van der Waals surface area contributed by atoms with E-state index < -0.39 is 0 Å². The minimum Gasteiger partial charge on any atom is -0.493 e. The molecule has 5 heteroatoms. The number of fused-ring (bicyclic) bond motifs is 2. The lowest BCUT2D eigenvalue weighted by molar-refractivity contribution is -0.140. The minimum atomic E-state index is 0.121. The van der Waals surface area contributed by atoms with Gasteiger partial charge in [0.2, 0.25) is 5.91 Å². The number of likely N-dealkylation sites (tertiary alicyclic amines) is 2. The maximum absolute atomic E-state index is 13.0. The summed E-state index contributed by atoms with van der Waals surface area (Å²) in [6.07, 6.45) is 5.42. The number of carbonyl (C=O) groups excluding carboxylic acids is 2. The fraction of sp³-hybridized carbons (Fsp3) is 0.619. The van der Waals surface area contributed by atoms with E-state index in [1.54, 1.807) is 0 Å². The largest absolute Gasteiger partial charge is 0.493 e. The number of amides is 2. The van der Waals surface area contributed by atoms with Crippen LogP contribution < -0.4 is 4.74 Å². The van der Waals surface area contributed by atoms with Gasteiger partial charge in [0.1, 0.15) is 5.75 Å². The fourth-order valence-corrected chi connectivity index (χ4v) is 4.74. The molecule has 1 aromatic carbocycles. The SMILES string of the molecule is CCCN1C(=O)CC[C@H]2CN(C(=O)c3ccc4c(c3)CCCO4)CC[C@H]21. The third-order valence-electron chi connectivity index (χ3n) is 6.05. The molecular formula is C21H28N2O3. The predicted molar refractivity (Wildman–Crippen MR) is 99.3 cm³/mol. The van der Waals surface area contributed by atoms with Crippen molar-refractivity contribution in [1.82, 2.24) is 9.80 Å². The summed E-state index contributed by atoms with van der Waals surface area (Å²) in [7, 11) is 0. The van der Waals surface area contributed by atoms with Crippen LogP contribution in [0.5, 0.6) is 5.75 Å². The van der Waals surface area contributed by atoms with Crippen molar-refractivity contribution < 1.29 is 14.3 Å². The van der Waals surface area contributed by atoms with Gasteiger partial charge >= 0.3 is 0 Å². The molecule has 140 valence electrons. The second kappa shape index (κ2) is 7.29. The maximum Gasteiger partial charge on any atom is 0.253 e. The van der Waals surface area contributed by atoms with Crippen LogP contribution in [-0.2, 0) is 11.2 Å². The van der Waals surface area contributed by atoms with Gasteiger partial charge in [-0.1, -0.05) is 6.92 Å². The maximum atomic E-state index is 13.0.